The Bertz CT molecular complexity index is 1230. The predicted molar refractivity (Wildman–Crippen MR) is 117 cm³/mol. The van der Waals surface area contributed by atoms with Gasteiger partial charge in [0, 0.05) is 50.4 Å². The third kappa shape index (κ3) is 5.53. The van der Waals surface area contributed by atoms with Crippen molar-refractivity contribution in [2.75, 3.05) is 33.5 Å². The lowest BCUT2D eigenvalue weighted by Gasteiger charge is -2.32. The maximum Gasteiger partial charge on any atom is 0.410 e. The number of piperidine rings is 1. The van der Waals surface area contributed by atoms with Crippen molar-refractivity contribution in [3.8, 4) is 5.75 Å². The number of rotatable bonds is 5. The zero-order chi connectivity index (χ0) is 30.5. The van der Waals surface area contributed by atoms with Crippen LogP contribution in [0.5, 0.6) is 5.75 Å². The van der Waals surface area contributed by atoms with Gasteiger partial charge in [0.1, 0.15) is 11.4 Å². The topological polar surface area (TPSA) is 74.9 Å². The summed E-state index contributed by atoms with van der Waals surface area (Å²) in [5.74, 6) is -1.33. The molecule has 1 aromatic carbocycles. The maximum atomic E-state index is 13.1. The summed E-state index contributed by atoms with van der Waals surface area (Å²) in [5.41, 5.74) is -0.826. The Morgan fingerprint density at radius 3 is 2.70 bits per heavy atom. The second kappa shape index (κ2) is 9.08. The number of benzene rings is 1. The van der Waals surface area contributed by atoms with E-state index in [1.165, 1.54) is 23.1 Å². The van der Waals surface area contributed by atoms with E-state index >= 15 is 0 Å². The fraction of sp³-hybridized carbons (Fsp3) is 0.565. The normalized spacial score (nSPS) is 22.3. The molecule has 7 nitrogen and oxygen atoms in total. The van der Waals surface area contributed by atoms with Gasteiger partial charge in [0.05, 0.1) is 5.92 Å². The van der Waals surface area contributed by atoms with Crippen LogP contribution in [0.2, 0.25) is 0 Å². The van der Waals surface area contributed by atoms with Crippen LogP contribution in [0.25, 0.3) is 10.9 Å². The molecule has 0 atom stereocenters. The Morgan fingerprint density at radius 1 is 1.30 bits per heavy atom. The summed E-state index contributed by atoms with van der Waals surface area (Å²) >= 11 is 0. The van der Waals surface area contributed by atoms with Gasteiger partial charge in [0.15, 0.2) is 0 Å². The number of likely N-dealkylation sites (N-methyl/N-ethyl adjacent to an activating group) is 1. The van der Waals surface area contributed by atoms with E-state index in [4.69, 9.17) is 23.2 Å². The van der Waals surface area contributed by atoms with Crippen molar-refractivity contribution < 1.29 is 32.8 Å². The number of carbonyl (C=O) groups excluding carboxylic acids is 2. The van der Waals surface area contributed by atoms with Gasteiger partial charge in [-0.15, -0.1) is 0 Å². The lowest BCUT2D eigenvalue weighted by atomic mass is 9.97. The monoisotopic (exact) mass is 425 g/mol. The third-order valence-electron chi connectivity index (χ3n) is 4.66. The van der Waals surface area contributed by atoms with Gasteiger partial charge in [-0.3, -0.25) is 4.79 Å². The molecule has 164 valence electrons. The van der Waals surface area contributed by atoms with Gasteiger partial charge in [-0.1, -0.05) is 6.07 Å². The summed E-state index contributed by atoms with van der Waals surface area (Å²) in [6, 6.07) is 4.43. The summed E-state index contributed by atoms with van der Waals surface area (Å²) in [6.07, 6.45) is -2.00. The van der Waals surface area contributed by atoms with E-state index in [0.29, 0.717) is 12.8 Å². The number of hydrogen-bond donors (Lipinski definition) is 1. The molecular formula is C23H33N3O4. The zero-order valence-corrected chi connectivity index (χ0v) is 17.2. The molecule has 1 aliphatic heterocycles. The summed E-state index contributed by atoms with van der Waals surface area (Å²) in [6.45, 7) is -4.78. The highest BCUT2D eigenvalue weighted by Crippen LogP contribution is 2.31. The number of esters is 1. The average molecular weight is 426 g/mol. The molecule has 0 unspecified atom stereocenters. The number of fused-ring (bicyclic) bond motifs is 1. The molecule has 1 aromatic heterocycles. The van der Waals surface area contributed by atoms with Crippen molar-refractivity contribution in [1.29, 1.82) is 0 Å². The molecule has 30 heavy (non-hydrogen) atoms. The van der Waals surface area contributed by atoms with Gasteiger partial charge >= 0.3 is 12.1 Å². The van der Waals surface area contributed by atoms with E-state index in [-0.39, 0.29) is 29.7 Å². The minimum Gasteiger partial charge on any atom is -0.444 e. The smallest absolute Gasteiger partial charge is 0.410 e. The zero-order valence-electron chi connectivity index (χ0n) is 27.2. The number of nitrogens with one attached hydrogen (secondary N) is 1. The molecule has 2 heterocycles. The van der Waals surface area contributed by atoms with Crippen LogP contribution in [0.15, 0.2) is 24.4 Å². The molecule has 1 saturated heterocycles. The molecular weight excluding hydrogens is 382 g/mol. The van der Waals surface area contributed by atoms with E-state index in [1.54, 1.807) is 20.8 Å². The third-order valence-corrected chi connectivity index (χ3v) is 4.66. The van der Waals surface area contributed by atoms with Crippen molar-refractivity contribution in [3.05, 3.63) is 30.0 Å². The summed E-state index contributed by atoms with van der Waals surface area (Å²) in [4.78, 5) is 29.2. The van der Waals surface area contributed by atoms with Crippen molar-refractivity contribution in [3.63, 3.8) is 0 Å². The van der Waals surface area contributed by atoms with Gasteiger partial charge in [-0.2, -0.15) is 0 Å². The number of hydrogen-bond acceptors (Lipinski definition) is 5. The molecule has 0 radical (unpaired) electrons. The van der Waals surface area contributed by atoms with Crippen LogP contribution >= 0.6 is 0 Å². The standard InChI is InChI=1S/C23H33N3O4/c1-23(2,3)30-22(28)26-13-10-16(11-14-26)21(27)29-19-8-6-7-18-20(19)17(15-24-18)9-12-25(4)5/h6-8,15-16,24H,9-14H2,1-5H3/i4D3,5D3,9D2,12D2. The summed E-state index contributed by atoms with van der Waals surface area (Å²) in [5, 5.41) is -0.0352. The fourth-order valence-electron chi connectivity index (χ4n) is 3.27. The number of amides is 1. The molecule has 1 N–H and O–H groups in total. The van der Waals surface area contributed by atoms with E-state index in [0.717, 1.165) is 6.20 Å². The van der Waals surface area contributed by atoms with Gasteiger partial charge in [-0.25, -0.2) is 4.79 Å². The quantitative estimate of drug-likeness (QED) is 0.582. The number of ether oxygens (including phenoxy) is 2. The highest BCUT2D eigenvalue weighted by atomic mass is 16.6. The Labute approximate surface area is 192 Å². The second-order valence-corrected chi connectivity index (χ2v) is 8.12. The molecule has 0 aliphatic carbocycles. The van der Waals surface area contributed by atoms with Crippen LogP contribution in [0.1, 0.15) is 52.9 Å². The number of likely N-dealkylation sites (tertiary alicyclic amines) is 1. The molecule has 0 spiro atoms. The Hall–Kier alpha value is -2.54. The first-order valence-electron chi connectivity index (χ1n) is 14.7. The molecule has 0 bridgehead atoms. The van der Waals surface area contributed by atoms with E-state index < -0.39 is 60.9 Å². The molecule has 3 rings (SSSR count). The van der Waals surface area contributed by atoms with Gasteiger partial charge in [0.25, 0.3) is 0 Å². The first-order chi connectivity index (χ1) is 18.1. The minimum atomic E-state index is -3.55. The van der Waals surface area contributed by atoms with Crippen LogP contribution in [0.3, 0.4) is 0 Å². The highest BCUT2D eigenvalue weighted by molar-refractivity contribution is 5.91. The Kier molecular flexibility index (Phi) is 3.74. The van der Waals surface area contributed by atoms with E-state index in [1.807, 2.05) is 0 Å². The van der Waals surface area contributed by atoms with Gasteiger partial charge < -0.3 is 24.3 Å². The minimum absolute atomic E-state index is 0.0352. The van der Waals surface area contributed by atoms with Crippen molar-refractivity contribution in [1.82, 2.24) is 14.8 Å². The van der Waals surface area contributed by atoms with Crippen LogP contribution in [-0.2, 0) is 15.9 Å². The van der Waals surface area contributed by atoms with Gasteiger partial charge in [-0.05, 0) is 71.6 Å². The number of aryl methyl sites for hydroxylation is 1. The molecule has 0 saturated carbocycles. The highest BCUT2D eigenvalue weighted by Gasteiger charge is 2.31. The number of aromatic amines is 1. The molecule has 1 fully saturated rings. The average Bonchev–Trinajstić information content (AvgIpc) is 3.21. The van der Waals surface area contributed by atoms with E-state index in [9.17, 15) is 9.59 Å². The van der Waals surface area contributed by atoms with Crippen LogP contribution in [0.4, 0.5) is 4.79 Å². The van der Waals surface area contributed by atoms with Crippen LogP contribution in [-0.4, -0.2) is 66.0 Å². The number of aromatic nitrogens is 1. The van der Waals surface area contributed by atoms with Crippen molar-refractivity contribution in [2.24, 2.45) is 5.92 Å². The molecule has 1 amide bonds. The number of H-pyrrole nitrogens is 1. The lowest BCUT2D eigenvalue weighted by molar-refractivity contribution is -0.140. The molecule has 1 aliphatic rings. The Morgan fingerprint density at radius 2 is 2.03 bits per heavy atom. The van der Waals surface area contributed by atoms with Crippen LogP contribution < -0.4 is 4.74 Å². The number of nitrogens with zero attached hydrogens (tertiary/aromatic N) is 2. The maximum absolute atomic E-state index is 13.1. The lowest BCUT2D eigenvalue weighted by Crippen LogP contribution is -2.43. The SMILES string of the molecule is [2H]C([2H])([2H])N(C([2H])([2H])[2H])C([2H])([2H])C([2H])([2H])c1c[nH]c2cccc(OC(=O)C3CCN(C(=O)OC(C)(C)C)CC3)c12. The van der Waals surface area contributed by atoms with Crippen LogP contribution in [0, 0.1) is 5.92 Å². The fourth-order valence-corrected chi connectivity index (χ4v) is 3.27. The summed E-state index contributed by atoms with van der Waals surface area (Å²) < 4.78 is 90.4. The summed E-state index contributed by atoms with van der Waals surface area (Å²) in [7, 11) is 0. The van der Waals surface area contributed by atoms with E-state index in [2.05, 4.69) is 4.98 Å². The Balaban J connectivity index is 1.89. The number of carbonyl (C=O) groups is 2. The predicted octanol–water partition coefficient (Wildman–Crippen LogP) is 3.82. The van der Waals surface area contributed by atoms with Crippen molar-refractivity contribution >= 4 is 23.0 Å². The van der Waals surface area contributed by atoms with Crippen molar-refractivity contribution in [2.45, 2.75) is 45.6 Å². The largest absolute Gasteiger partial charge is 0.444 e. The first kappa shape index (κ1) is 12.3. The first-order valence-corrected chi connectivity index (χ1v) is 9.68. The van der Waals surface area contributed by atoms with Gasteiger partial charge in [0.2, 0.25) is 0 Å². The molecule has 7 heteroatoms. The molecule has 2 aromatic rings. The second-order valence-electron chi connectivity index (χ2n) is 8.12.